The number of pyridine rings is 1. The lowest BCUT2D eigenvalue weighted by Gasteiger charge is -2.43. The molecule has 10 heteroatoms. The molecule has 2 unspecified atom stereocenters. The van der Waals surface area contributed by atoms with E-state index in [2.05, 4.69) is 10.3 Å². The van der Waals surface area contributed by atoms with Gasteiger partial charge in [0, 0.05) is 6.20 Å². The van der Waals surface area contributed by atoms with Gasteiger partial charge >= 0.3 is 12.0 Å². The van der Waals surface area contributed by atoms with E-state index < -0.39 is 35.9 Å². The molecule has 0 bridgehead atoms. The lowest BCUT2D eigenvalue weighted by molar-refractivity contribution is -0.165. The van der Waals surface area contributed by atoms with Crippen LogP contribution in [0.25, 0.3) is 0 Å². The number of hydrogen-bond donors (Lipinski definition) is 3. The van der Waals surface area contributed by atoms with Crippen molar-refractivity contribution in [1.82, 2.24) is 15.2 Å². The highest BCUT2D eigenvalue weighted by Crippen LogP contribution is 2.33. The van der Waals surface area contributed by atoms with E-state index in [9.17, 15) is 19.5 Å². The van der Waals surface area contributed by atoms with E-state index in [4.69, 9.17) is 15.2 Å². The van der Waals surface area contributed by atoms with Gasteiger partial charge in [0.15, 0.2) is 6.04 Å². The van der Waals surface area contributed by atoms with E-state index in [1.807, 2.05) is 0 Å². The molecule has 1 saturated heterocycles. The summed E-state index contributed by atoms with van der Waals surface area (Å²) in [6.07, 6.45) is 1.61. The molecule has 1 aliphatic rings. The number of imide groups is 1. The van der Waals surface area contributed by atoms with Crippen molar-refractivity contribution < 1.29 is 29.0 Å². The number of nitrogens with zero attached hydrogens (tertiary/aromatic N) is 2. The van der Waals surface area contributed by atoms with Crippen LogP contribution >= 0.6 is 0 Å². The van der Waals surface area contributed by atoms with Crippen LogP contribution in [0.2, 0.25) is 0 Å². The third kappa shape index (κ3) is 4.92. The largest absolute Gasteiger partial charge is 0.497 e. The predicted molar refractivity (Wildman–Crippen MR) is 130 cm³/mol. The number of nitrogens with two attached hydrogens (primary N) is 1. The maximum absolute atomic E-state index is 13.3. The Hall–Kier alpha value is -4.60. The zero-order valence-corrected chi connectivity index (χ0v) is 19.8. The summed E-state index contributed by atoms with van der Waals surface area (Å²) < 4.78 is 10.6. The Kier molecular flexibility index (Phi) is 7.05. The molecule has 10 nitrogen and oxygen atoms in total. The van der Waals surface area contributed by atoms with Gasteiger partial charge in [-0.25, -0.2) is 19.5 Å². The molecule has 2 heterocycles. The van der Waals surface area contributed by atoms with Crippen LogP contribution in [0, 0.1) is 5.92 Å². The number of nitrogen functional groups attached to an aromatic ring is 1. The highest BCUT2D eigenvalue weighted by molar-refractivity contribution is 6.07. The van der Waals surface area contributed by atoms with E-state index >= 15 is 0 Å². The van der Waals surface area contributed by atoms with Crippen LogP contribution in [0.15, 0.2) is 66.9 Å². The fourth-order valence-corrected chi connectivity index (χ4v) is 4.33. The second kappa shape index (κ2) is 10.3. The monoisotopic (exact) mass is 490 g/mol. The lowest BCUT2D eigenvalue weighted by atomic mass is 9.82. The Morgan fingerprint density at radius 1 is 1.06 bits per heavy atom. The topological polar surface area (TPSA) is 144 Å². The molecule has 1 fully saturated rings. The molecule has 2 atom stereocenters. The maximum Gasteiger partial charge on any atom is 0.327 e. The van der Waals surface area contributed by atoms with E-state index in [0.29, 0.717) is 28.2 Å². The van der Waals surface area contributed by atoms with Gasteiger partial charge in [-0.05, 0) is 59.5 Å². The molecule has 3 amide bonds. The van der Waals surface area contributed by atoms with Crippen molar-refractivity contribution >= 4 is 23.7 Å². The summed E-state index contributed by atoms with van der Waals surface area (Å²) in [6, 6.07) is 14.6. The van der Waals surface area contributed by atoms with Crippen molar-refractivity contribution in [1.29, 1.82) is 0 Å². The Morgan fingerprint density at radius 2 is 1.67 bits per heavy atom. The van der Waals surface area contributed by atoms with Crippen molar-refractivity contribution in [2.75, 3.05) is 20.0 Å². The zero-order valence-electron chi connectivity index (χ0n) is 19.8. The first-order valence-corrected chi connectivity index (χ1v) is 11.2. The van der Waals surface area contributed by atoms with Gasteiger partial charge < -0.3 is 25.6 Å². The number of hydrogen-bond acceptors (Lipinski definition) is 7. The number of urea groups is 1. The smallest absolute Gasteiger partial charge is 0.327 e. The number of carbonyl (C=O) groups excluding carboxylic acids is 2. The summed E-state index contributed by atoms with van der Waals surface area (Å²) in [5.41, 5.74) is 7.73. The van der Waals surface area contributed by atoms with Gasteiger partial charge in [-0.2, -0.15) is 0 Å². The minimum absolute atomic E-state index is 0.126. The van der Waals surface area contributed by atoms with Crippen LogP contribution in [-0.2, 0) is 16.0 Å². The van der Waals surface area contributed by atoms with E-state index in [1.54, 1.807) is 60.7 Å². The summed E-state index contributed by atoms with van der Waals surface area (Å²) in [5.74, 6) is -1.33. The number of ether oxygens (including phenoxy) is 2. The summed E-state index contributed by atoms with van der Waals surface area (Å²) in [5, 5.41) is 12.7. The highest BCUT2D eigenvalue weighted by atomic mass is 16.5. The van der Waals surface area contributed by atoms with E-state index in [-0.39, 0.29) is 12.2 Å². The van der Waals surface area contributed by atoms with Gasteiger partial charge in [0.2, 0.25) is 5.91 Å². The van der Waals surface area contributed by atoms with Crippen molar-refractivity contribution in [3.63, 3.8) is 0 Å². The highest BCUT2D eigenvalue weighted by Gasteiger charge is 2.55. The van der Waals surface area contributed by atoms with Crippen molar-refractivity contribution in [3.8, 4) is 11.5 Å². The quantitative estimate of drug-likeness (QED) is 0.409. The van der Waals surface area contributed by atoms with Crippen molar-refractivity contribution in [3.05, 3.63) is 83.6 Å². The molecule has 4 rings (SSSR count). The first kappa shape index (κ1) is 24.5. The molecule has 3 aromatic rings. The molecule has 0 spiro atoms. The van der Waals surface area contributed by atoms with Gasteiger partial charge in [0.1, 0.15) is 17.3 Å². The third-order valence-corrected chi connectivity index (χ3v) is 6.11. The minimum Gasteiger partial charge on any atom is -0.497 e. The molecule has 1 aliphatic heterocycles. The molecule has 2 aromatic carbocycles. The number of anilines is 1. The average molecular weight is 491 g/mol. The second-order valence-electron chi connectivity index (χ2n) is 8.33. The number of methoxy groups -OCH3 is 2. The first-order chi connectivity index (χ1) is 17.3. The van der Waals surface area contributed by atoms with Gasteiger partial charge in [0.05, 0.1) is 26.2 Å². The van der Waals surface area contributed by atoms with Crippen LogP contribution in [0.3, 0.4) is 0 Å². The molecular formula is C26H26N4O6. The average Bonchev–Trinajstić information content (AvgIpc) is 2.88. The van der Waals surface area contributed by atoms with Crippen LogP contribution in [0.1, 0.15) is 22.7 Å². The molecule has 4 N–H and O–H groups in total. The van der Waals surface area contributed by atoms with Crippen molar-refractivity contribution in [2.45, 2.75) is 18.5 Å². The molecule has 0 saturated carbocycles. The van der Waals surface area contributed by atoms with Gasteiger partial charge in [-0.3, -0.25) is 4.79 Å². The van der Waals surface area contributed by atoms with Crippen LogP contribution in [0.4, 0.5) is 10.6 Å². The number of likely N-dealkylation sites (tertiary alicyclic amines) is 1. The Bertz CT molecular complexity index is 1250. The number of rotatable bonds is 8. The summed E-state index contributed by atoms with van der Waals surface area (Å²) in [4.78, 5) is 43.0. The molecule has 186 valence electrons. The third-order valence-electron chi connectivity index (χ3n) is 6.11. The lowest BCUT2D eigenvalue weighted by Crippen LogP contribution is -2.68. The number of carbonyl (C=O) groups is 3. The number of carboxylic acids is 1. The standard InChI is InChI=1S/C26H26N4O6/c1-35-18-7-3-5-16(13-18)22(17-6-4-8-19(14-17)36-2)29-26(34)30-23(25(32)33)20(24(30)31)11-15-9-10-28-21(27)12-15/h3-10,12-14,20,22-23H,11H2,1-2H3,(H2,27,28)(H,29,34)(H,32,33). The number of aliphatic carboxylic acids is 1. The zero-order chi connectivity index (χ0) is 25.8. The molecule has 0 radical (unpaired) electrons. The number of aromatic nitrogens is 1. The second-order valence-corrected chi connectivity index (χ2v) is 8.33. The van der Waals surface area contributed by atoms with Crippen LogP contribution in [0.5, 0.6) is 11.5 Å². The number of carboxylic acid groups (broad SMARTS) is 1. The summed E-state index contributed by atoms with van der Waals surface area (Å²) >= 11 is 0. The normalized spacial score (nSPS) is 16.9. The number of benzene rings is 2. The Balaban J connectivity index is 1.61. The molecule has 0 aliphatic carbocycles. The minimum atomic E-state index is -1.32. The Morgan fingerprint density at radius 3 is 2.19 bits per heavy atom. The summed E-state index contributed by atoms with van der Waals surface area (Å²) in [7, 11) is 3.07. The van der Waals surface area contributed by atoms with Crippen LogP contribution < -0.4 is 20.5 Å². The van der Waals surface area contributed by atoms with Gasteiger partial charge in [-0.15, -0.1) is 0 Å². The number of β-lactam (4-membered cyclic amide) rings is 1. The first-order valence-electron chi connectivity index (χ1n) is 11.2. The fraction of sp³-hybridized carbons (Fsp3) is 0.231. The molecule has 36 heavy (non-hydrogen) atoms. The predicted octanol–water partition coefficient (Wildman–Crippen LogP) is 2.63. The summed E-state index contributed by atoms with van der Waals surface area (Å²) in [6.45, 7) is 0. The Labute approximate surface area is 207 Å². The van der Waals surface area contributed by atoms with Crippen molar-refractivity contribution in [2.24, 2.45) is 5.92 Å². The SMILES string of the molecule is COc1cccc(C(NC(=O)N2C(=O)C(Cc3ccnc(N)c3)C2C(=O)O)c2cccc(OC)c2)c1. The number of nitrogens with one attached hydrogen (secondary N) is 1. The van der Waals surface area contributed by atoms with Crippen LogP contribution in [-0.4, -0.2) is 53.2 Å². The van der Waals surface area contributed by atoms with E-state index in [0.717, 1.165) is 4.90 Å². The molecule has 1 aromatic heterocycles. The van der Waals surface area contributed by atoms with E-state index in [1.165, 1.54) is 20.4 Å². The molecular weight excluding hydrogens is 464 g/mol. The maximum atomic E-state index is 13.3. The van der Waals surface area contributed by atoms with Gasteiger partial charge in [-0.1, -0.05) is 24.3 Å². The van der Waals surface area contributed by atoms with Gasteiger partial charge in [0.25, 0.3) is 0 Å². The fourth-order valence-electron chi connectivity index (χ4n) is 4.33. The number of amides is 3.